The average molecular weight is 306 g/mol. The summed E-state index contributed by atoms with van der Waals surface area (Å²) in [6.45, 7) is 0. The molecule has 3 heteroatoms. The van der Waals surface area contributed by atoms with E-state index in [-0.39, 0.29) is 5.92 Å². The molecule has 0 N–H and O–H groups in total. The average Bonchev–Trinajstić information content (AvgIpc) is 2.67. The van der Waals surface area contributed by atoms with E-state index in [2.05, 4.69) is 44.9 Å². The van der Waals surface area contributed by atoms with Gasteiger partial charge in [0.05, 0.1) is 0 Å². The van der Waals surface area contributed by atoms with Crippen LogP contribution < -0.4 is 0 Å². The number of benzene rings is 1. The third-order valence-electron chi connectivity index (χ3n) is 3.91. The lowest BCUT2D eigenvalue weighted by molar-refractivity contribution is -0.121. The zero-order chi connectivity index (χ0) is 12.7. The molecule has 1 unspecified atom stereocenters. The summed E-state index contributed by atoms with van der Waals surface area (Å²) in [4.78, 5) is 12.1. The Kier molecular flexibility index (Phi) is 3.02. The first-order valence-electron chi connectivity index (χ1n) is 6.44. The van der Waals surface area contributed by atoms with Crippen LogP contribution in [0.4, 0.5) is 0 Å². The van der Waals surface area contributed by atoms with E-state index < -0.39 is 0 Å². The molecule has 18 heavy (non-hydrogen) atoms. The molecule has 2 aromatic rings. The number of aryl methyl sites for hydroxylation is 1. The van der Waals surface area contributed by atoms with Crippen molar-refractivity contribution in [3.63, 3.8) is 0 Å². The van der Waals surface area contributed by atoms with Gasteiger partial charge in [0.15, 0.2) is 0 Å². The number of nitrogens with zero attached hydrogens (tertiary/aromatic N) is 1. The number of carbonyl (C=O) groups excluding carboxylic acids is 1. The molecule has 0 bridgehead atoms. The smallest absolute Gasteiger partial charge is 0.140 e. The second kappa shape index (κ2) is 4.54. The van der Waals surface area contributed by atoms with Crippen LogP contribution in [0.25, 0.3) is 10.9 Å². The molecule has 1 heterocycles. The highest BCUT2D eigenvalue weighted by Crippen LogP contribution is 2.36. The Morgan fingerprint density at radius 2 is 2.17 bits per heavy atom. The molecule has 0 spiro atoms. The molecule has 1 aromatic heterocycles. The van der Waals surface area contributed by atoms with Crippen LogP contribution in [0.15, 0.2) is 28.9 Å². The van der Waals surface area contributed by atoms with Crippen LogP contribution >= 0.6 is 15.9 Å². The lowest BCUT2D eigenvalue weighted by Gasteiger charge is -2.20. The van der Waals surface area contributed by atoms with E-state index in [1.807, 2.05) is 7.05 Å². The third kappa shape index (κ3) is 1.91. The molecule has 0 saturated heterocycles. The van der Waals surface area contributed by atoms with E-state index in [4.69, 9.17) is 0 Å². The van der Waals surface area contributed by atoms with Gasteiger partial charge in [-0.1, -0.05) is 22.4 Å². The molecule has 1 aromatic carbocycles. The first kappa shape index (κ1) is 12.0. The summed E-state index contributed by atoms with van der Waals surface area (Å²) in [7, 11) is 2.05. The lowest BCUT2D eigenvalue weighted by Crippen LogP contribution is -2.16. The molecule has 1 aliphatic rings. The zero-order valence-corrected chi connectivity index (χ0v) is 12.0. The molecule has 2 nitrogen and oxygen atoms in total. The number of ketones is 1. The van der Waals surface area contributed by atoms with Gasteiger partial charge in [0.25, 0.3) is 0 Å². The first-order valence-corrected chi connectivity index (χ1v) is 7.23. The predicted octanol–water partition coefficient (Wildman–Crippen LogP) is 4.17. The van der Waals surface area contributed by atoms with Crippen LogP contribution in [0.1, 0.15) is 37.2 Å². The molecule has 0 aliphatic heterocycles. The van der Waals surface area contributed by atoms with Crippen molar-refractivity contribution in [2.75, 3.05) is 0 Å². The second-order valence-electron chi connectivity index (χ2n) is 5.12. The fourth-order valence-corrected chi connectivity index (χ4v) is 3.35. The monoisotopic (exact) mass is 305 g/mol. The van der Waals surface area contributed by atoms with Gasteiger partial charge in [-0.25, -0.2) is 0 Å². The Hall–Kier alpha value is -1.09. The topological polar surface area (TPSA) is 22.0 Å². The molecule has 0 radical (unpaired) electrons. The van der Waals surface area contributed by atoms with E-state index >= 15 is 0 Å². The van der Waals surface area contributed by atoms with Crippen molar-refractivity contribution in [2.24, 2.45) is 7.05 Å². The summed E-state index contributed by atoms with van der Waals surface area (Å²) >= 11 is 3.52. The van der Waals surface area contributed by atoms with Crippen LogP contribution in [-0.2, 0) is 11.8 Å². The molecule has 94 valence electrons. The van der Waals surface area contributed by atoms with E-state index in [1.165, 1.54) is 22.9 Å². The SMILES string of the molecule is Cn1cc(C2CCCCC2=O)c2cc(Br)ccc21. The Labute approximate surface area is 115 Å². The minimum atomic E-state index is 0.108. The number of fused-ring (bicyclic) bond motifs is 1. The van der Waals surface area contributed by atoms with E-state index in [1.54, 1.807) is 0 Å². The largest absolute Gasteiger partial charge is 0.350 e. The Bertz CT molecular complexity index is 614. The Balaban J connectivity index is 2.16. The van der Waals surface area contributed by atoms with Gasteiger partial charge < -0.3 is 4.57 Å². The van der Waals surface area contributed by atoms with Crippen molar-refractivity contribution < 1.29 is 4.79 Å². The van der Waals surface area contributed by atoms with E-state index in [9.17, 15) is 4.79 Å². The number of hydrogen-bond acceptors (Lipinski definition) is 1. The van der Waals surface area contributed by atoms with E-state index in [0.29, 0.717) is 5.78 Å². The van der Waals surface area contributed by atoms with Crippen LogP contribution in [0, 0.1) is 0 Å². The summed E-state index contributed by atoms with van der Waals surface area (Å²) in [5.74, 6) is 0.519. The number of aromatic nitrogens is 1. The molecule has 0 amide bonds. The Morgan fingerprint density at radius 1 is 1.33 bits per heavy atom. The standard InChI is InChI=1S/C15H16BrNO/c1-17-9-13(11-4-2-3-5-15(11)18)12-8-10(16)6-7-14(12)17/h6-9,11H,2-5H2,1H3. The number of rotatable bonds is 1. The van der Waals surface area contributed by atoms with Crippen LogP contribution in [0.2, 0.25) is 0 Å². The fourth-order valence-electron chi connectivity index (χ4n) is 2.98. The normalized spacial score (nSPS) is 20.6. The van der Waals surface area contributed by atoms with Crippen molar-refractivity contribution in [3.05, 3.63) is 34.4 Å². The summed E-state index contributed by atoms with van der Waals surface area (Å²) in [6, 6.07) is 6.29. The molecule has 3 rings (SSSR count). The minimum absolute atomic E-state index is 0.108. The van der Waals surface area contributed by atoms with Crippen molar-refractivity contribution >= 4 is 32.6 Å². The lowest BCUT2D eigenvalue weighted by atomic mass is 9.83. The maximum Gasteiger partial charge on any atom is 0.140 e. The van der Waals surface area contributed by atoms with Crippen LogP contribution in [0.3, 0.4) is 0 Å². The van der Waals surface area contributed by atoms with Gasteiger partial charge in [0.2, 0.25) is 0 Å². The van der Waals surface area contributed by atoms with Gasteiger partial charge in [-0.15, -0.1) is 0 Å². The number of halogens is 1. The quantitative estimate of drug-likeness (QED) is 0.775. The summed E-state index contributed by atoms with van der Waals surface area (Å²) in [5, 5.41) is 1.21. The van der Waals surface area contributed by atoms with Crippen molar-refractivity contribution in [2.45, 2.75) is 31.6 Å². The molecule has 1 atom stereocenters. The van der Waals surface area contributed by atoms with Gasteiger partial charge in [-0.05, 0) is 36.6 Å². The highest BCUT2D eigenvalue weighted by Gasteiger charge is 2.26. The molecular formula is C15H16BrNO. The minimum Gasteiger partial charge on any atom is -0.350 e. The van der Waals surface area contributed by atoms with Crippen molar-refractivity contribution in [1.29, 1.82) is 0 Å². The number of carbonyl (C=O) groups is 1. The number of Topliss-reactive ketones (excluding diaryl/α,β-unsaturated/α-hetero) is 1. The van der Waals surface area contributed by atoms with Crippen LogP contribution in [-0.4, -0.2) is 10.4 Å². The molecule has 1 fully saturated rings. The molecular weight excluding hydrogens is 290 g/mol. The molecule has 1 aliphatic carbocycles. The van der Waals surface area contributed by atoms with Crippen molar-refractivity contribution in [3.8, 4) is 0 Å². The second-order valence-corrected chi connectivity index (χ2v) is 6.04. The van der Waals surface area contributed by atoms with Gasteiger partial charge >= 0.3 is 0 Å². The highest BCUT2D eigenvalue weighted by molar-refractivity contribution is 9.10. The Morgan fingerprint density at radius 3 is 2.94 bits per heavy atom. The van der Waals surface area contributed by atoms with Gasteiger partial charge in [-0.2, -0.15) is 0 Å². The van der Waals surface area contributed by atoms with Gasteiger partial charge in [0.1, 0.15) is 5.78 Å². The maximum atomic E-state index is 12.1. The molecule has 1 saturated carbocycles. The maximum absolute atomic E-state index is 12.1. The zero-order valence-electron chi connectivity index (χ0n) is 10.4. The predicted molar refractivity (Wildman–Crippen MR) is 76.8 cm³/mol. The summed E-state index contributed by atoms with van der Waals surface area (Å²) in [6.07, 6.45) is 6.11. The summed E-state index contributed by atoms with van der Waals surface area (Å²) in [5.41, 5.74) is 2.41. The first-order chi connectivity index (χ1) is 8.66. The third-order valence-corrected chi connectivity index (χ3v) is 4.41. The fraction of sp³-hybridized carbons (Fsp3) is 0.400. The van der Waals surface area contributed by atoms with Crippen molar-refractivity contribution in [1.82, 2.24) is 4.57 Å². The van der Waals surface area contributed by atoms with Gasteiger partial charge in [0, 0.05) is 41.0 Å². The summed E-state index contributed by atoms with van der Waals surface area (Å²) < 4.78 is 3.20. The van der Waals surface area contributed by atoms with E-state index in [0.717, 1.165) is 23.7 Å². The highest BCUT2D eigenvalue weighted by atomic mass is 79.9. The number of hydrogen-bond donors (Lipinski definition) is 0. The van der Waals surface area contributed by atoms with Gasteiger partial charge in [-0.3, -0.25) is 4.79 Å². The van der Waals surface area contributed by atoms with Crippen LogP contribution in [0.5, 0.6) is 0 Å².